The van der Waals surface area contributed by atoms with E-state index in [-0.39, 0.29) is 40.0 Å². The van der Waals surface area contributed by atoms with Gasteiger partial charge in [-0.15, -0.1) is 12.6 Å². The van der Waals surface area contributed by atoms with Crippen molar-refractivity contribution in [2.24, 2.45) is 0 Å². The minimum absolute atomic E-state index is 0.0362. The summed E-state index contributed by atoms with van der Waals surface area (Å²) in [6.07, 6.45) is 7.66. The largest absolute Gasteiger partial charge is 0.397 e. The molecule has 0 saturated carbocycles. The molecule has 2 aromatic carbocycles. The molecule has 0 saturated heterocycles. The number of allylic oxidation sites excluding steroid dienone is 2. The van der Waals surface area contributed by atoms with E-state index >= 15 is 8.78 Å². The van der Waals surface area contributed by atoms with Crippen LogP contribution in [0.3, 0.4) is 0 Å². The molecule has 6 nitrogen and oxygen atoms in total. The van der Waals surface area contributed by atoms with E-state index in [4.69, 9.17) is 11.0 Å². The number of nitrogens with two attached hydrogens (primary N) is 1. The molecule has 5 N–H and O–H groups in total. The summed E-state index contributed by atoms with van der Waals surface area (Å²) in [7, 11) is 3.95. The van der Waals surface area contributed by atoms with Crippen LogP contribution in [-0.2, 0) is 0 Å². The van der Waals surface area contributed by atoms with Gasteiger partial charge in [-0.2, -0.15) is 5.26 Å². The van der Waals surface area contributed by atoms with Crippen molar-refractivity contribution >= 4 is 34.5 Å². The monoisotopic (exact) mass is 573 g/mol. The van der Waals surface area contributed by atoms with E-state index in [9.17, 15) is 9.50 Å². The van der Waals surface area contributed by atoms with Crippen LogP contribution in [0.25, 0.3) is 10.5 Å². The number of nitrogens with zero attached hydrogens (tertiary/aromatic N) is 2. The first-order chi connectivity index (χ1) is 18.8. The van der Waals surface area contributed by atoms with Gasteiger partial charge in [-0.25, -0.2) is 13.2 Å². The summed E-state index contributed by atoms with van der Waals surface area (Å²) in [5.41, 5.74) is 4.82. The van der Waals surface area contributed by atoms with Crippen LogP contribution in [0.2, 0.25) is 0 Å². The van der Waals surface area contributed by atoms with Crippen molar-refractivity contribution in [3.8, 4) is 6.07 Å². The number of rotatable bonds is 14. The molecule has 2 aromatic rings. The Morgan fingerprint density at radius 1 is 1.25 bits per heavy atom. The fourth-order valence-corrected chi connectivity index (χ4v) is 4.37. The second kappa shape index (κ2) is 14.8. The van der Waals surface area contributed by atoms with Crippen molar-refractivity contribution < 1.29 is 18.3 Å². The van der Waals surface area contributed by atoms with Gasteiger partial charge in [0.15, 0.2) is 11.6 Å². The van der Waals surface area contributed by atoms with Crippen LogP contribution in [0, 0.1) is 28.8 Å². The third kappa shape index (κ3) is 9.08. The number of hydrogen-bond donors (Lipinski definition) is 5. The third-order valence-corrected chi connectivity index (χ3v) is 6.75. The number of benzene rings is 2. The second-order valence-electron chi connectivity index (χ2n) is 10.3. The lowest BCUT2D eigenvalue weighted by molar-refractivity contribution is 0.0944. The van der Waals surface area contributed by atoms with Crippen LogP contribution in [0.15, 0.2) is 49.2 Å². The molecule has 0 aliphatic heterocycles. The summed E-state index contributed by atoms with van der Waals surface area (Å²) in [5, 5.41) is 24.8. The topological polar surface area (TPSA) is 97.3 Å². The Kier molecular flexibility index (Phi) is 12.2. The van der Waals surface area contributed by atoms with Gasteiger partial charge in [-0.05, 0) is 82.7 Å². The number of hydrogen-bond acceptors (Lipinski definition) is 7. The molecule has 0 aromatic heterocycles. The summed E-state index contributed by atoms with van der Waals surface area (Å²) >= 11 is 4.54. The van der Waals surface area contributed by atoms with Crippen LogP contribution in [0.5, 0.6) is 0 Å². The Hall–Kier alpha value is -3.39. The lowest BCUT2D eigenvalue weighted by atomic mass is 9.98. The zero-order chi connectivity index (χ0) is 30.0. The van der Waals surface area contributed by atoms with E-state index in [1.807, 2.05) is 20.2 Å². The number of anilines is 2. The maximum atomic E-state index is 15.4. The average molecular weight is 574 g/mol. The number of halogens is 3. The van der Waals surface area contributed by atoms with Crippen molar-refractivity contribution in [1.82, 2.24) is 10.2 Å². The van der Waals surface area contributed by atoms with E-state index in [2.05, 4.69) is 34.7 Å². The third-order valence-electron chi connectivity index (χ3n) is 6.27. The minimum Gasteiger partial charge on any atom is -0.397 e. The summed E-state index contributed by atoms with van der Waals surface area (Å²) in [4.78, 5) is 2.13. The number of thiol groups is 1. The molecule has 0 heterocycles. The van der Waals surface area contributed by atoms with Gasteiger partial charge < -0.3 is 26.4 Å². The molecule has 0 spiro atoms. The minimum atomic E-state index is -1.22. The first-order valence-corrected chi connectivity index (χ1v) is 13.3. The zero-order valence-electron chi connectivity index (χ0n) is 23.4. The number of nitriles is 1. The molecule has 0 bridgehead atoms. The van der Waals surface area contributed by atoms with Gasteiger partial charge in [0.05, 0.1) is 22.5 Å². The second-order valence-corrected chi connectivity index (χ2v) is 10.8. The maximum absolute atomic E-state index is 15.4. The Bertz CT molecular complexity index is 1300. The molecule has 1 atom stereocenters. The van der Waals surface area contributed by atoms with Gasteiger partial charge in [0, 0.05) is 29.6 Å². The molecule has 0 radical (unpaired) electrons. The molecule has 0 fully saturated rings. The van der Waals surface area contributed by atoms with Gasteiger partial charge in [-0.1, -0.05) is 24.8 Å². The molecule has 0 aliphatic carbocycles. The Morgan fingerprint density at radius 3 is 2.52 bits per heavy atom. The van der Waals surface area contributed by atoms with Gasteiger partial charge in [-0.3, -0.25) is 0 Å². The maximum Gasteiger partial charge on any atom is 0.184 e. The predicted molar refractivity (Wildman–Crippen MR) is 161 cm³/mol. The van der Waals surface area contributed by atoms with Crippen LogP contribution in [0.4, 0.5) is 24.5 Å². The van der Waals surface area contributed by atoms with E-state index in [1.165, 1.54) is 32.0 Å². The van der Waals surface area contributed by atoms with Crippen molar-refractivity contribution in [2.75, 3.05) is 38.2 Å². The smallest absolute Gasteiger partial charge is 0.184 e. The lowest BCUT2D eigenvalue weighted by Crippen LogP contribution is -2.30. The molecule has 2 rings (SSSR count). The zero-order valence-corrected chi connectivity index (χ0v) is 24.3. The molecule has 10 heteroatoms. The molecular formula is C30H38F3N5OS. The van der Waals surface area contributed by atoms with Crippen molar-refractivity contribution in [1.29, 1.82) is 5.26 Å². The van der Waals surface area contributed by atoms with Crippen LogP contribution in [-0.4, -0.2) is 48.8 Å². The fourth-order valence-electron chi connectivity index (χ4n) is 4.00. The van der Waals surface area contributed by atoms with Gasteiger partial charge in [0.1, 0.15) is 11.9 Å². The van der Waals surface area contributed by atoms with Crippen LogP contribution in [0.1, 0.15) is 49.8 Å². The van der Waals surface area contributed by atoms with Crippen LogP contribution < -0.4 is 16.4 Å². The molecule has 40 heavy (non-hydrogen) atoms. The van der Waals surface area contributed by atoms with Crippen molar-refractivity contribution in [3.63, 3.8) is 0 Å². The summed E-state index contributed by atoms with van der Waals surface area (Å²) in [6.45, 7) is 7.41. The number of nitrogen functional groups attached to an aromatic ring is 1. The molecule has 1 unspecified atom stereocenters. The summed E-state index contributed by atoms with van der Waals surface area (Å²) in [5.74, 6) is -3.16. The van der Waals surface area contributed by atoms with E-state index in [0.29, 0.717) is 17.6 Å². The Balaban J connectivity index is 2.56. The first kappa shape index (κ1) is 32.8. The highest BCUT2D eigenvalue weighted by Gasteiger charge is 2.22. The van der Waals surface area contributed by atoms with Crippen LogP contribution >= 0.6 is 12.6 Å². The Labute approximate surface area is 240 Å². The fraction of sp³-hybridized carbons (Fsp3) is 0.367. The standard InChI is InChI=1S/C30H38F3N5OS/c1-6-36-14-8-10-21(38(4)5)9-7-11-22(19-12-13-20(17-34)24(31)15-19)29(40)23-16-25(35)28(27(33)26(23)32)37-18-30(2,3)39/h6-7,11-13,15-16,21,36-37,39-40H,1,8-10,14,18,35H2,2-5H3/b11-7+,29-22+. The summed E-state index contributed by atoms with van der Waals surface area (Å²) < 4.78 is 45.1. The van der Waals surface area contributed by atoms with E-state index in [0.717, 1.165) is 25.5 Å². The number of aliphatic hydroxyl groups is 1. The van der Waals surface area contributed by atoms with E-state index in [1.54, 1.807) is 18.3 Å². The normalized spacial score (nSPS) is 13.2. The molecule has 216 valence electrons. The molecule has 0 aliphatic rings. The van der Waals surface area contributed by atoms with Gasteiger partial charge in [0.2, 0.25) is 0 Å². The van der Waals surface area contributed by atoms with Crippen molar-refractivity contribution in [2.45, 2.75) is 44.8 Å². The quantitative estimate of drug-likeness (QED) is 0.0632. The lowest BCUT2D eigenvalue weighted by Gasteiger charge is -2.23. The SMILES string of the molecule is C=CNCCCC(C/C=C/C(=C(\S)c1cc(N)c(NCC(C)(C)O)c(F)c1F)c1ccc(C#N)c(F)c1)N(C)C. The summed E-state index contributed by atoms with van der Waals surface area (Å²) in [6, 6.07) is 7.23. The van der Waals surface area contributed by atoms with Gasteiger partial charge in [0.25, 0.3) is 0 Å². The average Bonchev–Trinajstić information content (AvgIpc) is 2.88. The van der Waals surface area contributed by atoms with Gasteiger partial charge >= 0.3 is 0 Å². The first-order valence-electron chi connectivity index (χ1n) is 12.8. The molecular weight excluding hydrogens is 535 g/mol. The number of nitrogens with one attached hydrogen (secondary N) is 2. The molecule has 0 amide bonds. The predicted octanol–water partition coefficient (Wildman–Crippen LogP) is 5.93. The highest BCUT2D eigenvalue weighted by molar-refractivity contribution is 7.90. The Morgan fingerprint density at radius 2 is 1.95 bits per heavy atom. The van der Waals surface area contributed by atoms with Crippen molar-refractivity contribution in [3.05, 3.63) is 83.3 Å². The highest BCUT2D eigenvalue weighted by Crippen LogP contribution is 2.37. The van der Waals surface area contributed by atoms with E-state index < -0.39 is 23.1 Å². The highest BCUT2D eigenvalue weighted by atomic mass is 32.1.